The average Bonchev–Trinajstić information content (AvgIpc) is 3.62. The Bertz CT molecular complexity index is 3170. The lowest BCUT2D eigenvalue weighted by molar-refractivity contribution is 0.436. The Kier molecular flexibility index (Phi) is 7.89. The fourth-order valence-electron chi connectivity index (χ4n) is 9.99. The number of hydrogen-bond acceptors (Lipinski definition) is 3. The number of hydrogen-bond donors (Lipinski definition) is 0. The number of allylic oxidation sites excluding steroid dienone is 4. The molecule has 1 aliphatic heterocycles. The van der Waals surface area contributed by atoms with Crippen LogP contribution in [0.4, 0.5) is 0 Å². The largest absolute Gasteiger partial charge is 0.457 e. The summed E-state index contributed by atoms with van der Waals surface area (Å²) >= 11 is 0. The molecule has 12 rings (SSSR count). The molecule has 1 unspecified atom stereocenters. The summed E-state index contributed by atoms with van der Waals surface area (Å²) in [6.07, 6.45) is 7.80. The van der Waals surface area contributed by atoms with Crippen LogP contribution in [0.3, 0.4) is 0 Å². The molecule has 60 heavy (non-hydrogen) atoms. The van der Waals surface area contributed by atoms with E-state index >= 15 is 0 Å². The second-order valence-corrected chi connectivity index (χ2v) is 16.0. The molecule has 0 amide bonds. The third-order valence-corrected chi connectivity index (χ3v) is 12.7. The van der Waals surface area contributed by atoms with E-state index in [-0.39, 0.29) is 5.92 Å². The minimum atomic E-state index is -0.497. The first-order valence-electron chi connectivity index (χ1n) is 20.8. The first kappa shape index (κ1) is 34.4. The topological polar surface area (TPSA) is 35.0 Å². The van der Waals surface area contributed by atoms with Gasteiger partial charge in [0, 0.05) is 28.2 Å². The summed E-state index contributed by atoms with van der Waals surface area (Å²) in [7, 11) is 0. The van der Waals surface area contributed by atoms with Crippen LogP contribution < -0.4 is 4.74 Å². The Morgan fingerprint density at radius 2 is 1.05 bits per heavy atom. The zero-order chi connectivity index (χ0) is 39.6. The zero-order valence-corrected chi connectivity index (χ0v) is 32.8. The van der Waals surface area contributed by atoms with Crippen molar-refractivity contribution < 1.29 is 4.74 Å². The molecule has 1 atom stereocenters. The van der Waals surface area contributed by atoms with Crippen molar-refractivity contribution >= 4 is 16.3 Å². The van der Waals surface area contributed by atoms with Gasteiger partial charge in [0.15, 0.2) is 5.82 Å². The van der Waals surface area contributed by atoms with Crippen molar-refractivity contribution in [3.63, 3.8) is 0 Å². The number of para-hydroxylation sites is 1. The molecule has 282 valence electrons. The Balaban J connectivity index is 0.945. The van der Waals surface area contributed by atoms with E-state index in [1.165, 1.54) is 66.4 Å². The van der Waals surface area contributed by atoms with E-state index in [1.54, 1.807) is 0 Å². The maximum atomic E-state index is 6.71. The molecule has 0 N–H and O–H groups in total. The van der Waals surface area contributed by atoms with Gasteiger partial charge in [-0.3, -0.25) is 0 Å². The van der Waals surface area contributed by atoms with Gasteiger partial charge < -0.3 is 4.74 Å². The van der Waals surface area contributed by atoms with Gasteiger partial charge in [-0.05, 0) is 86.0 Å². The fraction of sp³-hybridized carbons (Fsp3) is 0.0526. The standard InChI is InChI=1S/C57H38N2O/c1-3-15-38(16-4-1)42-32-33-47(44-20-8-7-19-43(42)44)53-36-52(58-56(59-53)40-17-5-2-6-18-40)39-29-27-37(28-30-39)41-31-34-55-51(35-41)57(50-25-13-14-26-54(50)60-55)48-23-11-9-21-45(48)46-22-10-12-24-49(46)57/h1-29,31-36,39H,30H2. The molecule has 2 heterocycles. The molecule has 3 nitrogen and oxygen atoms in total. The smallest absolute Gasteiger partial charge is 0.160 e. The van der Waals surface area contributed by atoms with E-state index in [0.717, 1.165) is 46.3 Å². The van der Waals surface area contributed by atoms with Crippen molar-refractivity contribution in [3.05, 3.63) is 246 Å². The van der Waals surface area contributed by atoms with E-state index < -0.39 is 5.41 Å². The van der Waals surface area contributed by atoms with Gasteiger partial charge in [0.1, 0.15) is 11.5 Å². The van der Waals surface area contributed by atoms with Crippen LogP contribution in [0.1, 0.15) is 45.8 Å². The normalized spacial score (nSPS) is 15.4. The first-order chi connectivity index (χ1) is 29.7. The molecule has 1 aromatic heterocycles. The summed E-state index contributed by atoms with van der Waals surface area (Å²) in [6.45, 7) is 0. The van der Waals surface area contributed by atoms with Crippen LogP contribution in [0.25, 0.3) is 61.2 Å². The van der Waals surface area contributed by atoms with E-state index in [4.69, 9.17) is 14.7 Å². The lowest BCUT2D eigenvalue weighted by Gasteiger charge is -2.39. The highest BCUT2D eigenvalue weighted by atomic mass is 16.5. The van der Waals surface area contributed by atoms with Crippen LogP contribution in [0.2, 0.25) is 0 Å². The number of benzene rings is 8. The summed E-state index contributed by atoms with van der Waals surface area (Å²) in [6, 6.07) is 69.4. The van der Waals surface area contributed by atoms with Gasteiger partial charge in [-0.1, -0.05) is 188 Å². The lowest BCUT2D eigenvalue weighted by Crippen LogP contribution is -2.32. The molecule has 0 saturated heterocycles. The first-order valence-corrected chi connectivity index (χ1v) is 20.8. The minimum Gasteiger partial charge on any atom is -0.457 e. The third kappa shape index (κ3) is 5.29. The van der Waals surface area contributed by atoms with Gasteiger partial charge >= 0.3 is 0 Å². The van der Waals surface area contributed by atoms with Crippen LogP contribution in [0.15, 0.2) is 212 Å². The zero-order valence-electron chi connectivity index (χ0n) is 32.8. The molecule has 2 aliphatic carbocycles. The van der Waals surface area contributed by atoms with E-state index in [9.17, 15) is 0 Å². The van der Waals surface area contributed by atoms with Crippen molar-refractivity contribution in [1.29, 1.82) is 0 Å². The molecule has 3 aliphatic rings. The predicted octanol–water partition coefficient (Wildman–Crippen LogP) is 14.2. The SMILES string of the molecule is C1=CC(c2cc(-c3ccc(-c4ccccc4)c4ccccc34)nc(-c3ccccc3)n2)CC=C1c1ccc2c(c1)C1(c3ccccc3O2)c2ccccc2-c2ccccc21. The summed E-state index contributed by atoms with van der Waals surface area (Å²) in [5.74, 6) is 2.62. The second-order valence-electron chi connectivity index (χ2n) is 16.0. The number of rotatable bonds is 5. The predicted molar refractivity (Wildman–Crippen MR) is 244 cm³/mol. The molecular formula is C57H38N2O. The highest BCUT2D eigenvalue weighted by Crippen LogP contribution is 2.62. The van der Waals surface area contributed by atoms with Gasteiger partial charge in [-0.25, -0.2) is 9.97 Å². The quantitative estimate of drug-likeness (QED) is 0.175. The number of nitrogens with zero attached hydrogens (tertiary/aromatic N) is 2. The van der Waals surface area contributed by atoms with E-state index in [2.05, 4.69) is 206 Å². The average molecular weight is 767 g/mol. The monoisotopic (exact) mass is 766 g/mol. The highest BCUT2D eigenvalue weighted by molar-refractivity contribution is 6.04. The molecule has 0 radical (unpaired) electrons. The van der Waals surface area contributed by atoms with Crippen molar-refractivity contribution in [1.82, 2.24) is 9.97 Å². The lowest BCUT2D eigenvalue weighted by atomic mass is 9.65. The third-order valence-electron chi connectivity index (χ3n) is 12.7. The molecular weight excluding hydrogens is 729 g/mol. The summed E-state index contributed by atoms with van der Waals surface area (Å²) in [5.41, 5.74) is 15.8. The molecule has 0 bridgehead atoms. The van der Waals surface area contributed by atoms with Crippen LogP contribution in [0, 0.1) is 0 Å². The molecule has 9 aromatic rings. The second kappa shape index (κ2) is 13.8. The van der Waals surface area contributed by atoms with Crippen LogP contribution in [-0.4, -0.2) is 9.97 Å². The van der Waals surface area contributed by atoms with Crippen LogP contribution in [-0.2, 0) is 5.41 Å². The maximum Gasteiger partial charge on any atom is 0.160 e. The maximum absolute atomic E-state index is 6.71. The van der Waals surface area contributed by atoms with Crippen LogP contribution in [0.5, 0.6) is 11.5 Å². The van der Waals surface area contributed by atoms with Crippen LogP contribution >= 0.6 is 0 Å². The number of aromatic nitrogens is 2. The van der Waals surface area contributed by atoms with Gasteiger partial charge in [-0.15, -0.1) is 0 Å². The summed E-state index contributed by atoms with van der Waals surface area (Å²) < 4.78 is 6.71. The summed E-state index contributed by atoms with van der Waals surface area (Å²) in [5, 5.41) is 2.38. The molecule has 0 fully saturated rings. The van der Waals surface area contributed by atoms with E-state index in [0.29, 0.717) is 0 Å². The Morgan fingerprint density at radius 1 is 0.450 bits per heavy atom. The minimum absolute atomic E-state index is 0.0839. The molecule has 0 saturated carbocycles. The number of fused-ring (bicyclic) bond motifs is 10. The Labute approximate surface area is 349 Å². The number of ether oxygens (including phenoxy) is 1. The van der Waals surface area contributed by atoms with Crippen molar-refractivity contribution in [2.75, 3.05) is 0 Å². The van der Waals surface area contributed by atoms with Crippen molar-refractivity contribution in [2.45, 2.75) is 17.8 Å². The molecule has 3 heteroatoms. The van der Waals surface area contributed by atoms with E-state index in [1.807, 2.05) is 6.07 Å². The van der Waals surface area contributed by atoms with Gasteiger partial charge in [0.25, 0.3) is 0 Å². The fourth-order valence-corrected chi connectivity index (χ4v) is 9.99. The van der Waals surface area contributed by atoms with Crippen molar-refractivity contribution in [2.24, 2.45) is 0 Å². The summed E-state index contributed by atoms with van der Waals surface area (Å²) in [4.78, 5) is 10.5. The molecule has 1 spiro atoms. The van der Waals surface area contributed by atoms with Crippen molar-refractivity contribution in [3.8, 4) is 56.4 Å². The Hall–Kier alpha value is -7.62. The molecule has 8 aromatic carbocycles. The van der Waals surface area contributed by atoms with Gasteiger partial charge in [0.05, 0.1) is 16.8 Å². The van der Waals surface area contributed by atoms with Gasteiger partial charge in [-0.2, -0.15) is 0 Å². The highest BCUT2D eigenvalue weighted by Gasteiger charge is 2.51. The Morgan fingerprint density at radius 3 is 1.77 bits per heavy atom. The van der Waals surface area contributed by atoms with Gasteiger partial charge in [0.2, 0.25) is 0 Å².